The van der Waals surface area contributed by atoms with Crippen LogP contribution in [0.15, 0.2) is 12.1 Å². The van der Waals surface area contributed by atoms with Gasteiger partial charge in [0.2, 0.25) is 11.8 Å². The van der Waals surface area contributed by atoms with Gasteiger partial charge in [0.15, 0.2) is 0 Å². The highest BCUT2D eigenvalue weighted by Crippen LogP contribution is 2.35. The normalized spacial score (nSPS) is 25.0. The van der Waals surface area contributed by atoms with E-state index in [4.69, 9.17) is 0 Å². The highest BCUT2D eigenvalue weighted by atomic mass is 19.1. The molecule has 0 aromatic heterocycles. The lowest BCUT2D eigenvalue weighted by atomic mass is 9.97. The van der Waals surface area contributed by atoms with Gasteiger partial charge in [0, 0.05) is 58.2 Å². The van der Waals surface area contributed by atoms with Gasteiger partial charge in [-0.05, 0) is 18.6 Å². The molecule has 2 N–H and O–H groups in total. The van der Waals surface area contributed by atoms with Gasteiger partial charge >= 0.3 is 0 Å². The molecule has 1 unspecified atom stereocenters. The van der Waals surface area contributed by atoms with Crippen LogP contribution in [-0.2, 0) is 9.59 Å². The minimum absolute atomic E-state index is 0.0335. The number of carbonyl (C=O) groups is 4. The van der Waals surface area contributed by atoms with Crippen LogP contribution < -0.4 is 15.5 Å². The van der Waals surface area contributed by atoms with Gasteiger partial charge in [0.25, 0.3) is 11.8 Å². The van der Waals surface area contributed by atoms with E-state index in [-0.39, 0.29) is 24.0 Å². The number of nitrogens with one attached hydrogen (secondary N) is 2. The van der Waals surface area contributed by atoms with Gasteiger partial charge in [-0.2, -0.15) is 0 Å². The second kappa shape index (κ2) is 7.69. The predicted octanol–water partition coefficient (Wildman–Crippen LogP) is -0.432. The lowest BCUT2D eigenvalue weighted by molar-refractivity contribution is -0.136. The summed E-state index contributed by atoms with van der Waals surface area (Å²) in [5, 5.41) is 5.48. The number of fused-ring (bicyclic) bond motifs is 1. The van der Waals surface area contributed by atoms with E-state index in [1.54, 1.807) is 0 Å². The summed E-state index contributed by atoms with van der Waals surface area (Å²) >= 11 is 0. The van der Waals surface area contributed by atoms with E-state index >= 15 is 0 Å². The number of amides is 4. The van der Waals surface area contributed by atoms with Crippen molar-refractivity contribution in [3.05, 3.63) is 29.1 Å². The second-order valence-corrected chi connectivity index (χ2v) is 8.62. The average molecular weight is 429 g/mol. The van der Waals surface area contributed by atoms with E-state index in [2.05, 4.69) is 15.5 Å². The van der Waals surface area contributed by atoms with Crippen molar-refractivity contribution in [2.75, 3.05) is 50.7 Å². The van der Waals surface area contributed by atoms with E-state index in [0.717, 1.165) is 43.7 Å². The molecule has 0 bridgehead atoms. The zero-order valence-electron chi connectivity index (χ0n) is 17.0. The maximum Gasteiger partial charge on any atom is 0.262 e. The molecule has 4 amide bonds. The number of carbonyl (C=O) groups excluding carboxylic acids is 4. The summed E-state index contributed by atoms with van der Waals surface area (Å²) in [4.78, 5) is 54.4. The SMILES string of the molecule is O=C1CCC(N2C(=O)c3cc(F)c(N4CC(CN5CCNCC5)C4)cc3C2=O)C(=O)N1. The Bertz CT molecular complexity index is 971. The molecule has 1 aromatic rings. The Hall–Kier alpha value is -2.85. The van der Waals surface area contributed by atoms with Crippen LogP contribution in [0.4, 0.5) is 10.1 Å². The van der Waals surface area contributed by atoms with Gasteiger partial charge in [0.05, 0.1) is 16.8 Å². The van der Waals surface area contributed by atoms with Crippen LogP contribution in [0.5, 0.6) is 0 Å². The Morgan fingerprint density at radius 3 is 2.35 bits per heavy atom. The summed E-state index contributed by atoms with van der Waals surface area (Å²) in [7, 11) is 0. The molecule has 4 aliphatic heterocycles. The minimum atomic E-state index is -1.05. The highest BCUT2D eigenvalue weighted by Gasteiger charge is 2.45. The van der Waals surface area contributed by atoms with Gasteiger partial charge in [0.1, 0.15) is 11.9 Å². The number of imide groups is 2. The second-order valence-electron chi connectivity index (χ2n) is 8.62. The van der Waals surface area contributed by atoms with Crippen molar-refractivity contribution >= 4 is 29.3 Å². The monoisotopic (exact) mass is 429 g/mol. The number of benzene rings is 1. The van der Waals surface area contributed by atoms with Gasteiger partial charge in [-0.1, -0.05) is 0 Å². The molecule has 4 heterocycles. The Morgan fingerprint density at radius 1 is 1.00 bits per heavy atom. The zero-order valence-corrected chi connectivity index (χ0v) is 17.0. The summed E-state index contributed by atoms with van der Waals surface area (Å²) in [6, 6.07) is 1.47. The number of nitrogens with zero attached hydrogens (tertiary/aromatic N) is 3. The molecule has 1 atom stereocenters. The molecule has 0 radical (unpaired) electrons. The molecule has 0 saturated carbocycles. The molecule has 0 spiro atoms. The Labute approximate surface area is 178 Å². The van der Waals surface area contributed by atoms with Crippen molar-refractivity contribution in [1.29, 1.82) is 0 Å². The van der Waals surface area contributed by atoms with Crippen LogP contribution in [0.1, 0.15) is 33.6 Å². The Balaban J connectivity index is 1.30. The van der Waals surface area contributed by atoms with Crippen molar-refractivity contribution in [2.24, 2.45) is 5.92 Å². The van der Waals surface area contributed by atoms with Crippen molar-refractivity contribution in [3.63, 3.8) is 0 Å². The van der Waals surface area contributed by atoms with Gasteiger partial charge in [-0.3, -0.25) is 29.4 Å². The average Bonchev–Trinajstić information content (AvgIpc) is 2.95. The van der Waals surface area contributed by atoms with Crippen molar-refractivity contribution < 1.29 is 23.6 Å². The van der Waals surface area contributed by atoms with Crippen LogP contribution in [-0.4, -0.2) is 85.3 Å². The molecule has 1 aromatic carbocycles. The van der Waals surface area contributed by atoms with Gasteiger partial charge < -0.3 is 15.1 Å². The predicted molar refractivity (Wildman–Crippen MR) is 108 cm³/mol. The fourth-order valence-electron chi connectivity index (χ4n) is 4.86. The van der Waals surface area contributed by atoms with Crippen LogP contribution >= 0.6 is 0 Å². The number of piperidine rings is 1. The largest absolute Gasteiger partial charge is 0.368 e. The third kappa shape index (κ3) is 3.49. The van der Waals surface area contributed by atoms with E-state index in [1.807, 2.05) is 4.90 Å². The quantitative estimate of drug-likeness (QED) is 0.626. The number of anilines is 1. The fourth-order valence-corrected chi connectivity index (χ4v) is 4.86. The molecule has 10 heteroatoms. The Kier molecular flexibility index (Phi) is 4.98. The lowest BCUT2D eigenvalue weighted by Crippen LogP contribution is -2.54. The molecule has 3 saturated heterocycles. The molecule has 31 heavy (non-hydrogen) atoms. The summed E-state index contributed by atoms with van der Waals surface area (Å²) < 4.78 is 14.8. The van der Waals surface area contributed by atoms with Crippen molar-refractivity contribution in [3.8, 4) is 0 Å². The number of piperazine rings is 1. The molecule has 0 aliphatic carbocycles. The molecular formula is C21H24FN5O4. The van der Waals surface area contributed by atoms with Crippen LogP contribution in [0.3, 0.4) is 0 Å². The molecule has 164 valence electrons. The van der Waals surface area contributed by atoms with Crippen molar-refractivity contribution in [2.45, 2.75) is 18.9 Å². The molecular weight excluding hydrogens is 405 g/mol. The lowest BCUT2D eigenvalue weighted by Gasteiger charge is -2.44. The Morgan fingerprint density at radius 2 is 1.68 bits per heavy atom. The summed E-state index contributed by atoms with van der Waals surface area (Å²) in [5.74, 6) is -2.54. The smallest absolute Gasteiger partial charge is 0.262 e. The number of halogens is 1. The maximum absolute atomic E-state index is 14.8. The van der Waals surface area contributed by atoms with Crippen LogP contribution in [0.25, 0.3) is 0 Å². The molecule has 3 fully saturated rings. The van der Waals surface area contributed by atoms with E-state index in [1.165, 1.54) is 6.07 Å². The first-order chi connectivity index (χ1) is 14.9. The van der Waals surface area contributed by atoms with Gasteiger partial charge in [-0.15, -0.1) is 0 Å². The maximum atomic E-state index is 14.8. The third-order valence-electron chi connectivity index (χ3n) is 6.53. The van der Waals surface area contributed by atoms with Gasteiger partial charge in [-0.25, -0.2) is 4.39 Å². The fraction of sp³-hybridized carbons (Fsp3) is 0.524. The van der Waals surface area contributed by atoms with E-state index < -0.39 is 35.5 Å². The third-order valence-corrected chi connectivity index (χ3v) is 6.53. The summed E-state index contributed by atoms with van der Waals surface area (Å²) in [6.45, 7) is 6.33. The molecule has 9 nitrogen and oxygen atoms in total. The standard InChI is InChI=1S/C21H24FN5O4/c22-15-7-13-14(21(31)27(20(13)30)16-1-2-18(28)24-19(16)29)8-17(15)26-10-12(11-26)9-25-5-3-23-4-6-25/h7-8,12,16,23H,1-6,9-11H2,(H,24,28,29). The van der Waals surface area contributed by atoms with Crippen molar-refractivity contribution in [1.82, 2.24) is 20.4 Å². The van der Waals surface area contributed by atoms with E-state index in [0.29, 0.717) is 24.7 Å². The molecule has 5 rings (SSSR count). The van der Waals surface area contributed by atoms with Crippen LogP contribution in [0.2, 0.25) is 0 Å². The number of rotatable bonds is 4. The first-order valence-corrected chi connectivity index (χ1v) is 10.7. The number of hydrogen-bond donors (Lipinski definition) is 2. The first-order valence-electron chi connectivity index (χ1n) is 10.7. The summed E-state index contributed by atoms with van der Waals surface area (Å²) in [5.41, 5.74) is 0.382. The molecule has 4 aliphatic rings. The number of hydrogen-bond acceptors (Lipinski definition) is 7. The van der Waals surface area contributed by atoms with E-state index in [9.17, 15) is 23.6 Å². The zero-order chi connectivity index (χ0) is 21.7. The first kappa shape index (κ1) is 20.1. The summed E-state index contributed by atoms with van der Waals surface area (Å²) in [6.07, 6.45) is 0.122. The highest BCUT2D eigenvalue weighted by molar-refractivity contribution is 6.23. The van der Waals surface area contributed by atoms with Crippen LogP contribution in [0, 0.1) is 11.7 Å². The minimum Gasteiger partial charge on any atom is -0.368 e. The topological polar surface area (TPSA) is 102 Å².